The largest absolute Gasteiger partial charge is 0.248 e. The molecule has 1 saturated carbocycles. The van der Waals surface area contributed by atoms with E-state index in [0.29, 0.717) is 25.3 Å². The Bertz CT molecular complexity index is 231. The highest BCUT2D eigenvalue weighted by molar-refractivity contribution is 5.32. The van der Waals surface area contributed by atoms with E-state index >= 15 is 0 Å². The molecule has 0 aliphatic heterocycles. The Labute approximate surface area is 82.4 Å². The first-order valence-corrected chi connectivity index (χ1v) is 4.95. The van der Waals surface area contributed by atoms with Gasteiger partial charge in [-0.1, -0.05) is 0 Å². The summed E-state index contributed by atoms with van der Waals surface area (Å²) in [5, 5.41) is 0. The van der Waals surface area contributed by atoms with Crippen LogP contribution in [0.4, 0.5) is 8.78 Å². The van der Waals surface area contributed by atoms with Gasteiger partial charge >= 0.3 is 0 Å². The highest BCUT2D eigenvalue weighted by atomic mass is 19.3. The molecule has 0 heterocycles. The SMILES string of the molecule is CC(F)(F)C1CCC(CCN=C=O)C1. The van der Waals surface area contributed by atoms with Crippen LogP contribution in [0.2, 0.25) is 0 Å². The first kappa shape index (κ1) is 11.3. The summed E-state index contributed by atoms with van der Waals surface area (Å²) in [6, 6.07) is 0. The van der Waals surface area contributed by atoms with Gasteiger partial charge in [-0.3, -0.25) is 0 Å². The smallest absolute Gasteiger partial charge is 0.211 e. The van der Waals surface area contributed by atoms with E-state index in [9.17, 15) is 13.6 Å². The molecule has 1 rings (SSSR count). The lowest BCUT2D eigenvalue weighted by molar-refractivity contribution is -0.0382. The van der Waals surface area contributed by atoms with Crippen molar-refractivity contribution in [1.82, 2.24) is 0 Å². The predicted molar refractivity (Wildman–Crippen MR) is 49.1 cm³/mol. The molecule has 2 nitrogen and oxygen atoms in total. The van der Waals surface area contributed by atoms with E-state index in [1.54, 1.807) is 0 Å². The van der Waals surface area contributed by atoms with Crippen LogP contribution >= 0.6 is 0 Å². The molecular formula is C10H15F2NO. The summed E-state index contributed by atoms with van der Waals surface area (Å²) in [4.78, 5) is 13.2. The second kappa shape index (κ2) is 4.65. The van der Waals surface area contributed by atoms with Crippen molar-refractivity contribution < 1.29 is 13.6 Å². The molecule has 0 aromatic heterocycles. The van der Waals surface area contributed by atoms with E-state index in [0.717, 1.165) is 19.8 Å². The van der Waals surface area contributed by atoms with Crippen LogP contribution in [0.3, 0.4) is 0 Å². The van der Waals surface area contributed by atoms with Crippen molar-refractivity contribution in [3.63, 3.8) is 0 Å². The maximum absolute atomic E-state index is 12.9. The van der Waals surface area contributed by atoms with Gasteiger partial charge in [-0.2, -0.15) is 0 Å². The Morgan fingerprint density at radius 3 is 2.71 bits per heavy atom. The quantitative estimate of drug-likeness (QED) is 0.510. The summed E-state index contributed by atoms with van der Waals surface area (Å²) >= 11 is 0. The van der Waals surface area contributed by atoms with Crippen molar-refractivity contribution in [2.24, 2.45) is 16.8 Å². The fourth-order valence-corrected chi connectivity index (χ4v) is 2.09. The van der Waals surface area contributed by atoms with Crippen molar-refractivity contribution in [2.45, 2.75) is 38.5 Å². The minimum absolute atomic E-state index is 0.308. The van der Waals surface area contributed by atoms with Crippen molar-refractivity contribution in [3.8, 4) is 0 Å². The fraction of sp³-hybridized carbons (Fsp3) is 0.900. The molecule has 0 radical (unpaired) electrons. The van der Waals surface area contributed by atoms with Crippen LogP contribution in [0.5, 0.6) is 0 Å². The lowest BCUT2D eigenvalue weighted by Gasteiger charge is -2.18. The van der Waals surface area contributed by atoms with E-state index in [-0.39, 0.29) is 0 Å². The summed E-state index contributed by atoms with van der Waals surface area (Å²) in [5.74, 6) is -2.72. The average Bonchev–Trinajstić information content (AvgIpc) is 2.52. The molecule has 0 spiro atoms. The number of carbonyl (C=O) groups excluding carboxylic acids is 1. The lowest BCUT2D eigenvalue weighted by Crippen LogP contribution is -2.21. The molecule has 0 saturated heterocycles. The number of nitrogens with zero attached hydrogens (tertiary/aromatic N) is 1. The van der Waals surface area contributed by atoms with Crippen LogP contribution in [0.1, 0.15) is 32.6 Å². The van der Waals surface area contributed by atoms with Gasteiger partial charge < -0.3 is 0 Å². The Morgan fingerprint density at radius 1 is 1.50 bits per heavy atom. The van der Waals surface area contributed by atoms with Gasteiger partial charge in [0.25, 0.3) is 0 Å². The summed E-state index contributed by atoms with van der Waals surface area (Å²) in [6.45, 7) is 1.42. The number of hydrogen-bond donors (Lipinski definition) is 0. The Hall–Kier alpha value is -0.760. The highest BCUT2D eigenvalue weighted by Gasteiger charge is 2.39. The average molecular weight is 203 g/mol. The van der Waals surface area contributed by atoms with Crippen LogP contribution in [0.15, 0.2) is 4.99 Å². The van der Waals surface area contributed by atoms with Crippen LogP contribution in [-0.4, -0.2) is 18.5 Å². The Morgan fingerprint density at radius 2 is 2.21 bits per heavy atom. The van der Waals surface area contributed by atoms with Crippen molar-refractivity contribution in [2.75, 3.05) is 6.54 Å². The number of aliphatic imine (C=N–C) groups is 1. The van der Waals surface area contributed by atoms with Gasteiger partial charge in [0.05, 0.1) is 6.54 Å². The second-order valence-corrected chi connectivity index (χ2v) is 4.09. The molecule has 1 aliphatic carbocycles. The number of alkyl halides is 2. The topological polar surface area (TPSA) is 29.4 Å². The van der Waals surface area contributed by atoms with Gasteiger partial charge in [0.15, 0.2) is 0 Å². The van der Waals surface area contributed by atoms with Gasteiger partial charge in [0.1, 0.15) is 0 Å². The molecule has 14 heavy (non-hydrogen) atoms. The summed E-state index contributed by atoms with van der Waals surface area (Å²) < 4.78 is 25.8. The predicted octanol–water partition coefficient (Wildman–Crippen LogP) is 2.78. The second-order valence-electron chi connectivity index (χ2n) is 4.09. The van der Waals surface area contributed by atoms with Gasteiger partial charge in [-0.15, -0.1) is 0 Å². The first-order valence-electron chi connectivity index (χ1n) is 4.95. The van der Waals surface area contributed by atoms with Crippen LogP contribution in [-0.2, 0) is 4.79 Å². The zero-order valence-corrected chi connectivity index (χ0v) is 8.30. The minimum Gasteiger partial charge on any atom is -0.211 e. The molecule has 0 bridgehead atoms. The third-order valence-corrected chi connectivity index (χ3v) is 2.97. The van der Waals surface area contributed by atoms with Gasteiger partial charge in [-0.05, 0) is 38.5 Å². The zero-order chi connectivity index (χ0) is 10.6. The van der Waals surface area contributed by atoms with Crippen LogP contribution in [0, 0.1) is 11.8 Å². The highest BCUT2D eigenvalue weighted by Crippen LogP contribution is 2.41. The number of rotatable bonds is 4. The molecule has 0 aromatic rings. The maximum atomic E-state index is 12.9. The van der Waals surface area contributed by atoms with Gasteiger partial charge in [0, 0.05) is 5.92 Å². The van der Waals surface area contributed by atoms with Crippen molar-refractivity contribution in [3.05, 3.63) is 0 Å². The van der Waals surface area contributed by atoms with E-state index < -0.39 is 11.8 Å². The molecule has 0 aromatic carbocycles. The molecule has 80 valence electrons. The third-order valence-electron chi connectivity index (χ3n) is 2.97. The van der Waals surface area contributed by atoms with Crippen LogP contribution < -0.4 is 0 Å². The van der Waals surface area contributed by atoms with Crippen molar-refractivity contribution >= 4 is 6.08 Å². The zero-order valence-electron chi connectivity index (χ0n) is 8.30. The lowest BCUT2D eigenvalue weighted by atomic mass is 9.98. The van der Waals surface area contributed by atoms with E-state index in [4.69, 9.17) is 0 Å². The molecule has 2 atom stereocenters. The number of hydrogen-bond acceptors (Lipinski definition) is 2. The van der Waals surface area contributed by atoms with E-state index in [1.165, 1.54) is 6.08 Å². The van der Waals surface area contributed by atoms with E-state index in [2.05, 4.69) is 4.99 Å². The maximum Gasteiger partial charge on any atom is 0.248 e. The normalized spacial score (nSPS) is 27.4. The number of halogens is 2. The third kappa shape index (κ3) is 3.18. The monoisotopic (exact) mass is 203 g/mol. The molecular weight excluding hydrogens is 188 g/mol. The minimum atomic E-state index is -2.55. The Balaban J connectivity index is 2.30. The first-order chi connectivity index (χ1) is 6.54. The molecule has 1 fully saturated rings. The van der Waals surface area contributed by atoms with Crippen molar-refractivity contribution in [1.29, 1.82) is 0 Å². The molecule has 0 N–H and O–H groups in total. The fourth-order valence-electron chi connectivity index (χ4n) is 2.09. The summed E-state index contributed by atoms with van der Waals surface area (Å²) in [6.07, 6.45) is 4.20. The molecule has 4 heteroatoms. The Kier molecular flexibility index (Phi) is 3.76. The van der Waals surface area contributed by atoms with Crippen LogP contribution in [0.25, 0.3) is 0 Å². The van der Waals surface area contributed by atoms with Gasteiger partial charge in [-0.25, -0.2) is 18.6 Å². The van der Waals surface area contributed by atoms with E-state index in [1.807, 2.05) is 0 Å². The molecule has 1 aliphatic rings. The molecule has 0 amide bonds. The summed E-state index contributed by atoms with van der Waals surface area (Å²) in [7, 11) is 0. The standard InChI is InChI=1S/C10H15F2NO/c1-10(11,12)9-3-2-8(6-9)4-5-13-7-14/h8-9H,2-6H2,1H3. The van der Waals surface area contributed by atoms with Gasteiger partial charge in [0.2, 0.25) is 12.0 Å². The number of isocyanates is 1. The molecule has 2 unspecified atom stereocenters. The summed E-state index contributed by atoms with van der Waals surface area (Å²) in [5.41, 5.74) is 0.